The third kappa shape index (κ3) is 0.778. The highest BCUT2D eigenvalue weighted by Crippen LogP contribution is 2.34. The molecule has 0 aromatic rings. The van der Waals surface area contributed by atoms with Gasteiger partial charge in [-0.05, 0) is 24.3 Å². The summed E-state index contributed by atoms with van der Waals surface area (Å²) < 4.78 is 0. The highest BCUT2D eigenvalue weighted by molar-refractivity contribution is 5.34. The SMILES string of the molecule is NC1(N)C=CC2(C=C1)N=N2. The number of nitrogens with zero attached hydrogens (tertiary/aromatic N) is 2. The maximum absolute atomic E-state index is 5.55. The Bertz CT molecular complexity index is 214. The molecule has 0 amide bonds. The van der Waals surface area contributed by atoms with Gasteiger partial charge in [-0.3, -0.25) is 0 Å². The highest BCUT2D eigenvalue weighted by Gasteiger charge is 2.37. The summed E-state index contributed by atoms with van der Waals surface area (Å²) in [6, 6.07) is 0. The molecule has 1 aliphatic carbocycles. The second-order valence-corrected chi connectivity index (χ2v) is 2.65. The molecule has 4 nitrogen and oxygen atoms in total. The molecule has 52 valence electrons. The minimum Gasteiger partial charge on any atom is -0.307 e. The van der Waals surface area contributed by atoms with Gasteiger partial charge in [-0.1, -0.05) is 0 Å². The predicted octanol–water partition coefficient (Wildman–Crippen LogP) is -0.112. The number of nitrogens with two attached hydrogens (primary N) is 2. The first kappa shape index (κ1) is 5.76. The van der Waals surface area contributed by atoms with Crippen LogP contribution in [0.4, 0.5) is 0 Å². The molecule has 1 aliphatic heterocycles. The van der Waals surface area contributed by atoms with Gasteiger partial charge in [-0.25, -0.2) is 0 Å². The summed E-state index contributed by atoms with van der Waals surface area (Å²) in [6.07, 6.45) is 7.00. The number of hydrogen-bond acceptors (Lipinski definition) is 4. The molecule has 2 rings (SSSR count). The fourth-order valence-corrected chi connectivity index (χ4v) is 0.836. The van der Waals surface area contributed by atoms with E-state index < -0.39 is 5.66 Å². The first-order chi connectivity index (χ1) is 4.62. The van der Waals surface area contributed by atoms with Crippen molar-refractivity contribution in [2.24, 2.45) is 21.7 Å². The largest absolute Gasteiger partial charge is 0.307 e. The molecular formula is C6H8N4. The second kappa shape index (κ2) is 1.36. The summed E-state index contributed by atoms with van der Waals surface area (Å²) in [4.78, 5) is 0. The lowest BCUT2D eigenvalue weighted by atomic mass is 10.0. The monoisotopic (exact) mass is 136 g/mol. The molecule has 0 saturated heterocycles. The summed E-state index contributed by atoms with van der Waals surface area (Å²) in [5.41, 5.74) is 9.90. The fourth-order valence-electron chi connectivity index (χ4n) is 0.836. The molecule has 4 N–H and O–H groups in total. The summed E-state index contributed by atoms with van der Waals surface area (Å²) >= 11 is 0. The Labute approximate surface area is 58.3 Å². The average Bonchev–Trinajstić information content (AvgIpc) is 2.60. The van der Waals surface area contributed by atoms with E-state index in [1.807, 2.05) is 0 Å². The van der Waals surface area contributed by atoms with E-state index in [0.29, 0.717) is 0 Å². The lowest BCUT2D eigenvalue weighted by molar-refractivity contribution is 0.665. The Morgan fingerprint density at radius 3 is 1.80 bits per heavy atom. The third-order valence-corrected chi connectivity index (χ3v) is 1.57. The minimum atomic E-state index is -0.807. The van der Waals surface area contributed by atoms with Gasteiger partial charge in [-0.15, -0.1) is 10.2 Å². The lowest BCUT2D eigenvalue weighted by Gasteiger charge is -2.19. The van der Waals surface area contributed by atoms with Crippen molar-refractivity contribution < 1.29 is 0 Å². The lowest BCUT2D eigenvalue weighted by Crippen LogP contribution is -2.47. The Balaban J connectivity index is 2.23. The van der Waals surface area contributed by atoms with E-state index in [0.717, 1.165) is 0 Å². The Morgan fingerprint density at radius 2 is 1.40 bits per heavy atom. The molecule has 1 heterocycles. The van der Waals surface area contributed by atoms with Crippen LogP contribution in [0.3, 0.4) is 0 Å². The Kier molecular flexibility index (Phi) is 0.781. The molecule has 0 unspecified atom stereocenters. The summed E-state index contributed by atoms with van der Waals surface area (Å²) in [7, 11) is 0. The predicted molar refractivity (Wildman–Crippen MR) is 37.0 cm³/mol. The topological polar surface area (TPSA) is 76.8 Å². The van der Waals surface area contributed by atoms with Gasteiger partial charge in [0.1, 0.15) is 5.66 Å². The maximum atomic E-state index is 5.55. The van der Waals surface area contributed by atoms with Crippen LogP contribution in [-0.4, -0.2) is 11.3 Å². The molecule has 0 fully saturated rings. The van der Waals surface area contributed by atoms with Crippen molar-refractivity contribution in [2.75, 3.05) is 0 Å². The molecule has 2 aliphatic rings. The average molecular weight is 136 g/mol. The van der Waals surface area contributed by atoms with Crippen molar-refractivity contribution in [2.45, 2.75) is 11.3 Å². The maximum Gasteiger partial charge on any atom is 0.227 e. The minimum absolute atomic E-state index is 0.387. The standard InChI is InChI=1S/C6H8N4/c7-5(8)1-3-6(4-2-5)9-10-6/h1-4H,7-8H2. The zero-order chi connectivity index (χ0) is 7.24. The van der Waals surface area contributed by atoms with E-state index in [1.54, 1.807) is 24.3 Å². The van der Waals surface area contributed by atoms with Gasteiger partial charge in [-0.2, -0.15) is 0 Å². The van der Waals surface area contributed by atoms with E-state index in [1.165, 1.54) is 0 Å². The van der Waals surface area contributed by atoms with E-state index in [2.05, 4.69) is 10.2 Å². The van der Waals surface area contributed by atoms with Gasteiger partial charge in [0.25, 0.3) is 0 Å². The number of rotatable bonds is 0. The molecule has 4 heteroatoms. The third-order valence-electron chi connectivity index (χ3n) is 1.57. The van der Waals surface area contributed by atoms with Crippen molar-refractivity contribution in [3.63, 3.8) is 0 Å². The van der Waals surface area contributed by atoms with Gasteiger partial charge >= 0.3 is 0 Å². The smallest absolute Gasteiger partial charge is 0.227 e. The fraction of sp³-hybridized carbons (Fsp3) is 0.333. The highest BCUT2D eigenvalue weighted by atomic mass is 15.4. The van der Waals surface area contributed by atoms with E-state index in [-0.39, 0.29) is 5.66 Å². The van der Waals surface area contributed by atoms with Crippen molar-refractivity contribution in [1.82, 2.24) is 0 Å². The van der Waals surface area contributed by atoms with Crippen LogP contribution in [0.15, 0.2) is 34.5 Å². The van der Waals surface area contributed by atoms with Gasteiger partial charge in [0.05, 0.1) is 0 Å². The molecular weight excluding hydrogens is 128 g/mol. The van der Waals surface area contributed by atoms with Crippen molar-refractivity contribution in [1.29, 1.82) is 0 Å². The Morgan fingerprint density at radius 1 is 0.900 bits per heavy atom. The van der Waals surface area contributed by atoms with Gasteiger partial charge in [0.15, 0.2) is 0 Å². The molecule has 1 spiro atoms. The van der Waals surface area contributed by atoms with Crippen LogP contribution in [0.25, 0.3) is 0 Å². The number of hydrogen-bond donors (Lipinski definition) is 2. The van der Waals surface area contributed by atoms with Crippen LogP contribution in [0.5, 0.6) is 0 Å². The van der Waals surface area contributed by atoms with E-state index in [4.69, 9.17) is 11.5 Å². The zero-order valence-corrected chi connectivity index (χ0v) is 5.36. The van der Waals surface area contributed by atoms with E-state index >= 15 is 0 Å². The van der Waals surface area contributed by atoms with Gasteiger partial charge in [0.2, 0.25) is 5.66 Å². The van der Waals surface area contributed by atoms with Crippen LogP contribution in [0, 0.1) is 0 Å². The van der Waals surface area contributed by atoms with Crippen LogP contribution in [0.1, 0.15) is 0 Å². The summed E-state index contributed by atoms with van der Waals surface area (Å²) in [6.45, 7) is 0. The molecule has 0 atom stereocenters. The first-order valence-electron chi connectivity index (χ1n) is 3.05. The first-order valence-corrected chi connectivity index (χ1v) is 3.05. The van der Waals surface area contributed by atoms with Crippen molar-refractivity contribution in [3.8, 4) is 0 Å². The molecule has 10 heavy (non-hydrogen) atoms. The van der Waals surface area contributed by atoms with Gasteiger partial charge in [0, 0.05) is 0 Å². The Hall–Kier alpha value is -1.00. The summed E-state index contributed by atoms with van der Waals surface area (Å²) in [5.74, 6) is 0. The molecule has 0 saturated carbocycles. The van der Waals surface area contributed by atoms with Gasteiger partial charge < -0.3 is 11.5 Å². The van der Waals surface area contributed by atoms with E-state index in [9.17, 15) is 0 Å². The molecule has 0 bridgehead atoms. The molecule has 0 radical (unpaired) electrons. The van der Waals surface area contributed by atoms with Crippen molar-refractivity contribution in [3.05, 3.63) is 24.3 Å². The van der Waals surface area contributed by atoms with Crippen molar-refractivity contribution >= 4 is 0 Å². The molecule has 0 aromatic heterocycles. The van der Waals surface area contributed by atoms with Crippen LogP contribution < -0.4 is 11.5 Å². The van der Waals surface area contributed by atoms with Crippen LogP contribution >= 0.6 is 0 Å². The normalized spacial score (nSPS) is 29.4. The van der Waals surface area contributed by atoms with Crippen LogP contribution in [-0.2, 0) is 0 Å². The van der Waals surface area contributed by atoms with Crippen LogP contribution in [0.2, 0.25) is 0 Å². The summed E-state index contributed by atoms with van der Waals surface area (Å²) in [5, 5.41) is 7.60. The zero-order valence-electron chi connectivity index (χ0n) is 5.36. The molecule has 0 aromatic carbocycles. The second-order valence-electron chi connectivity index (χ2n) is 2.65. The quantitative estimate of drug-likeness (QED) is 0.360.